The van der Waals surface area contributed by atoms with E-state index >= 15 is 0 Å². The van der Waals surface area contributed by atoms with E-state index in [4.69, 9.17) is 16.6 Å². The first-order valence-electron chi connectivity index (χ1n) is 6.54. The largest absolute Gasteiger partial charge is 0.320 e. The van der Waals surface area contributed by atoms with Gasteiger partial charge in [0.05, 0.1) is 17.6 Å². The average molecular weight is 290 g/mol. The summed E-state index contributed by atoms with van der Waals surface area (Å²) in [5.41, 5.74) is 3.33. The van der Waals surface area contributed by atoms with Crippen LogP contribution >= 0.6 is 11.6 Å². The number of halogens is 1. The van der Waals surface area contributed by atoms with E-state index in [-0.39, 0.29) is 0 Å². The van der Waals surface area contributed by atoms with Crippen molar-refractivity contribution in [3.8, 4) is 0 Å². The van der Waals surface area contributed by atoms with E-state index in [0.29, 0.717) is 12.4 Å². The molecule has 104 valence electrons. The van der Waals surface area contributed by atoms with Gasteiger partial charge in [0.1, 0.15) is 12.2 Å². The second kappa shape index (κ2) is 5.25. The van der Waals surface area contributed by atoms with Crippen LogP contribution in [0.5, 0.6) is 0 Å². The molecule has 2 aromatic heterocycles. The zero-order valence-electron chi connectivity index (χ0n) is 11.5. The highest BCUT2D eigenvalue weighted by Crippen LogP contribution is 2.21. The number of benzene rings is 1. The number of alkyl halides is 1. The first-order chi connectivity index (χ1) is 9.70. The van der Waals surface area contributed by atoms with Gasteiger partial charge in [-0.3, -0.25) is 0 Å². The number of hydrogen-bond acceptors (Lipinski definition) is 3. The first-order valence-corrected chi connectivity index (χ1v) is 7.07. The van der Waals surface area contributed by atoms with Crippen molar-refractivity contribution in [1.82, 2.24) is 24.3 Å². The molecule has 0 atom stereocenters. The van der Waals surface area contributed by atoms with E-state index in [2.05, 4.69) is 39.9 Å². The summed E-state index contributed by atoms with van der Waals surface area (Å²) in [5, 5.41) is 8.08. The molecule has 3 rings (SSSR count). The number of imidazole rings is 1. The van der Waals surface area contributed by atoms with Gasteiger partial charge in [0.25, 0.3) is 0 Å². The second-order valence-electron chi connectivity index (χ2n) is 4.85. The van der Waals surface area contributed by atoms with E-state index < -0.39 is 0 Å². The quantitative estimate of drug-likeness (QED) is 0.693. The molecule has 0 aliphatic rings. The molecule has 3 aromatic rings. The SMILES string of the molecule is Cc1cccc2c1nc(CCCl)n2Cc1nncn1C. The number of hydrogen-bond donors (Lipinski definition) is 0. The van der Waals surface area contributed by atoms with Crippen molar-refractivity contribution in [3.63, 3.8) is 0 Å². The van der Waals surface area contributed by atoms with Crippen LogP contribution < -0.4 is 0 Å². The lowest BCUT2D eigenvalue weighted by atomic mass is 10.2. The standard InChI is InChI=1S/C14H16ClN5/c1-10-4-3-5-11-14(10)17-12(6-7-15)20(11)8-13-18-16-9-19(13)2/h3-5,9H,6-8H2,1-2H3. The predicted molar refractivity (Wildman–Crippen MR) is 79.0 cm³/mol. The fourth-order valence-corrected chi connectivity index (χ4v) is 2.55. The van der Waals surface area contributed by atoms with E-state index in [0.717, 1.165) is 29.1 Å². The maximum absolute atomic E-state index is 5.90. The van der Waals surface area contributed by atoms with Gasteiger partial charge in [-0.05, 0) is 18.6 Å². The van der Waals surface area contributed by atoms with Crippen molar-refractivity contribution in [2.75, 3.05) is 5.88 Å². The Morgan fingerprint density at radius 2 is 2.10 bits per heavy atom. The number of aromatic nitrogens is 5. The Bertz CT molecular complexity index is 743. The third-order valence-electron chi connectivity index (χ3n) is 3.48. The number of nitrogens with zero attached hydrogens (tertiary/aromatic N) is 5. The summed E-state index contributed by atoms with van der Waals surface area (Å²) in [5.74, 6) is 2.45. The lowest BCUT2D eigenvalue weighted by molar-refractivity contribution is 0.680. The molecule has 20 heavy (non-hydrogen) atoms. The number of aryl methyl sites for hydroxylation is 3. The molecular formula is C14H16ClN5. The van der Waals surface area contributed by atoms with Gasteiger partial charge in [0, 0.05) is 19.3 Å². The minimum absolute atomic E-state index is 0.557. The van der Waals surface area contributed by atoms with Crippen LogP contribution in [-0.4, -0.2) is 30.2 Å². The molecule has 0 radical (unpaired) electrons. The van der Waals surface area contributed by atoms with Gasteiger partial charge in [0.15, 0.2) is 5.82 Å². The van der Waals surface area contributed by atoms with E-state index in [9.17, 15) is 0 Å². The summed E-state index contributed by atoms with van der Waals surface area (Å²) < 4.78 is 4.10. The fraction of sp³-hybridized carbons (Fsp3) is 0.357. The fourth-order valence-electron chi connectivity index (χ4n) is 2.38. The van der Waals surface area contributed by atoms with Crippen LogP contribution in [0.4, 0.5) is 0 Å². The highest BCUT2D eigenvalue weighted by Gasteiger charge is 2.13. The number of fused-ring (bicyclic) bond motifs is 1. The minimum atomic E-state index is 0.557. The zero-order chi connectivity index (χ0) is 14.1. The second-order valence-corrected chi connectivity index (χ2v) is 5.23. The molecule has 0 aliphatic heterocycles. The summed E-state index contributed by atoms with van der Waals surface area (Å²) in [6.07, 6.45) is 2.45. The number of rotatable bonds is 4. The van der Waals surface area contributed by atoms with Gasteiger partial charge in [-0.25, -0.2) is 4.98 Å². The van der Waals surface area contributed by atoms with Crippen LogP contribution in [0.2, 0.25) is 0 Å². The molecule has 0 saturated carbocycles. The Kier molecular flexibility index (Phi) is 3.44. The van der Waals surface area contributed by atoms with E-state index in [1.807, 2.05) is 11.6 Å². The van der Waals surface area contributed by atoms with Crippen LogP contribution in [0.25, 0.3) is 11.0 Å². The summed E-state index contributed by atoms with van der Waals surface area (Å²) in [6.45, 7) is 2.73. The lowest BCUT2D eigenvalue weighted by Gasteiger charge is -2.08. The molecule has 0 spiro atoms. The summed E-state index contributed by atoms with van der Waals surface area (Å²) >= 11 is 5.90. The third-order valence-corrected chi connectivity index (χ3v) is 3.67. The van der Waals surface area contributed by atoms with Gasteiger partial charge < -0.3 is 9.13 Å². The molecule has 0 saturated heterocycles. The van der Waals surface area contributed by atoms with E-state index in [1.54, 1.807) is 6.33 Å². The third kappa shape index (κ3) is 2.18. The molecule has 5 nitrogen and oxygen atoms in total. The molecular weight excluding hydrogens is 274 g/mol. The van der Waals surface area contributed by atoms with Crippen LogP contribution in [-0.2, 0) is 20.0 Å². The minimum Gasteiger partial charge on any atom is -0.320 e. The Balaban J connectivity index is 2.14. The Hall–Kier alpha value is -1.88. The van der Waals surface area contributed by atoms with Gasteiger partial charge in [-0.15, -0.1) is 21.8 Å². The molecule has 0 amide bonds. The molecule has 0 bridgehead atoms. The number of para-hydroxylation sites is 1. The van der Waals surface area contributed by atoms with E-state index in [1.165, 1.54) is 5.56 Å². The zero-order valence-corrected chi connectivity index (χ0v) is 12.3. The first kappa shape index (κ1) is 13.1. The van der Waals surface area contributed by atoms with Crippen LogP contribution in [0, 0.1) is 6.92 Å². The van der Waals surface area contributed by atoms with Gasteiger partial charge in [-0.2, -0.15) is 0 Å². The normalized spacial score (nSPS) is 11.3. The Morgan fingerprint density at radius 1 is 1.25 bits per heavy atom. The van der Waals surface area contributed by atoms with Crippen LogP contribution in [0.3, 0.4) is 0 Å². The summed E-state index contributed by atoms with van der Waals surface area (Å²) in [4.78, 5) is 4.73. The highest BCUT2D eigenvalue weighted by molar-refractivity contribution is 6.17. The van der Waals surface area contributed by atoms with Crippen molar-refractivity contribution < 1.29 is 0 Å². The predicted octanol–water partition coefficient (Wildman–Crippen LogP) is 2.30. The van der Waals surface area contributed by atoms with Gasteiger partial charge >= 0.3 is 0 Å². The van der Waals surface area contributed by atoms with Crippen LogP contribution in [0.1, 0.15) is 17.2 Å². The van der Waals surface area contributed by atoms with Crippen LogP contribution in [0.15, 0.2) is 24.5 Å². The highest BCUT2D eigenvalue weighted by atomic mass is 35.5. The van der Waals surface area contributed by atoms with Crippen molar-refractivity contribution in [2.24, 2.45) is 7.05 Å². The van der Waals surface area contributed by atoms with Gasteiger partial charge in [0.2, 0.25) is 0 Å². The molecule has 2 heterocycles. The maximum atomic E-state index is 5.90. The molecule has 6 heteroatoms. The maximum Gasteiger partial charge on any atom is 0.152 e. The van der Waals surface area contributed by atoms with Crippen molar-refractivity contribution in [1.29, 1.82) is 0 Å². The molecule has 0 aliphatic carbocycles. The van der Waals surface area contributed by atoms with Crippen molar-refractivity contribution in [2.45, 2.75) is 19.9 Å². The topological polar surface area (TPSA) is 48.5 Å². The molecule has 0 fully saturated rings. The van der Waals surface area contributed by atoms with Gasteiger partial charge in [-0.1, -0.05) is 12.1 Å². The molecule has 1 aromatic carbocycles. The van der Waals surface area contributed by atoms with Crippen molar-refractivity contribution in [3.05, 3.63) is 41.7 Å². The summed E-state index contributed by atoms with van der Waals surface area (Å²) in [7, 11) is 1.95. The average Bonchev–Trinajstić information content (AvgIpc) is 2.98. The summed E-state index contributed by atoms with van der Waals surface area (Å²) in [6, 6.07) is 6.22. The smallest absolute Gasteiger partial charge is 0.152 e. The molecule has 0 N–H and O–H groups in total. The Morgan fingerprint density at radius 3 is 2.80 bits per heavy atom. The van der Waals surface area contributed by atoms with Crippen molar-refractivity contribution >= 4 is 22.6 Å². The molecule has 0 unspecified atom stereocenters. The monoisotopic (exact) mass is 289 g/mol. The Labute approximate surface area is 122 Å². The lowest BCUT2D eigenvalue weighted by Crippen LogP contribution is -2.09.